The van der Waals surface area contributed by atoms with Crippen LogP contribution in [0.15, 0.2) is 29.2 Å². The first-order valence-electron chi connectivity index (χ1n) is 6.71. The molecule has 20 heavy (non-hydrogen) atoms. The molecule has 0 aliphatic rings. The standard InChI is InChI=1S/C14H25N3O2S/c1-11(17(4)5)10-16-20(18,19)14-8-6-7-13(9-14)12(2)15-3/h6-9,11-12,15-16H,10H2,1-5H3. The summed E-state index contributed by atoms with van der Waals surface area (Å²) in [6, 6.07) is 7.28. The molecule has 6 heteroatoms. The Bertz CT molecular complexity index is 529. The van der Waals surface area contributed by atoms with Crippen molar-refractivity contribution in [2.75, 3.05) is 27.7 Å². The molecule has 0 fully saturated rings. The Hall–Kier alpha value is -0.950. The quantitative estimate of drug-likeness (QED) is 0.794. The third-order valence-electron chi connectivity index (χ3n) is 3.55. The van der Waals surface area contributed by atoms with Crippen LogP contribution in [-0.4, -0.2) is 47.0 Å². The first-order valence-corrected chi connectivity index (χ1v) is 8.19. The van der Waals surface area contributed by atoms with E-state index in [4.69, 9.17) is 0 Å². The minimum atomic E-state index is -3.46. The third-order valence-corrected chi connectivity index (χ3v) is 4.97. The Balaban J connectivity index is 2.87. The average Bonchev–Trinajstić information content (AvgIpc) is 2.43. The largest absolute Gasteiger partial charge is 0.313 e. The molecule has 0 amide bonds. The normalized spacial score (nSPS) is 15.3. The Morgan fingerprint density at radius 3 is 2.45 bits per heavy atom. The van der Waals surface area contributed by atoms with Crippen LogP contribution in [0.2, 0.25) is 0 Å². The van der Waals surface area contributed by atoms with Crippen molar-refractivity contribution in [3.8, 4) is 0 Å². The number of nitrogens with one attached hydrogen (secondary N) is 2. The third kappa shape index (κ3) is 4.56. The number of hydrogen-bond donors (Lipinski definition) is 2. The van der Waals surface area contributed by atoms with Gasteiger partial charge in [-0.25, -0.2) is 13.1 Å². The van der Waals surface area contributed by atoms with Gasteiger partial charge in [0.05, 0.1) is 4.90 Å². The molecule has 2 unspecified atom stereocenters. The van der Waals surface area contributed by atoms with Crippen LogP contribution in [0.25, 0.3) is 0 Å². The lowest BCUT2D eigenvalue weighted by Gasteiger charge is -2.20. The molecule has 0 saturated heterocycles. The maximum atomic E-state index is 12.3. The highest BCUT2D eigenvalue weighted by atomic mass is 32.2. The fraction of sp³-hybridized carbons (Fsp3) is 0.571. The fourth-order valence-electron chi connectivity index (χ4n) is 1.61. The van der Waals surface area contributed by atoms with E-state index in [9.17, 15) is 8.42 Å². The van der Waals surface area contributed by atoms with Crippen molar-refractivity contribution in [1.29, 1.82) is 0 Å². The zero-order chi connectivity index (χ0) is 15.3. The maximum Gasteiger partial charge on any atom is 0.240 e. The van der Waals surface area contributed by atoms with Crippen molar-refractivity contribution < 1.29 is 8.42 Å². The fourth-order valence-corrected chi connectivity index (χ4v) is 2.79. The minimum absolute atomic E-state index is 0.117. The predicted octanol–water partition coefficient (Wildman–Crippen LogP) is 1.20. The molecule has 114 valence electrons. The Morgan fingerprint density at radius 1 is 1.25 bits per heavy atom. The monoisotopic (exact) mass is 299 g/mol. The van der Waals surface area contributed by atoms with Crippen molar-refractivity contribution in [1.82, 2.24) is 14.9 Å². The van der Waals surface area contributed by atoms with Gasteiger partial charge < -0.3 is 10.2 Å². The van der Waals surface area contributed by atoms with Gasteiger partial charge in [-0.2, -0.15) is 0 Å². The second-order valence-electron chi connectivity index (χ2n) is 5.25. The molecule has 1 aromatic rings. The van der Waals surface area contributed by atoms with Gasteiger partial charge in [0.2, 0.25) is 10.0 Å². The summed E-state index contributed by atoms with van der Waals surface area (Å²) in [5, 5.41) is 3.10. The zero-order valence-electron chi connectivity index (χ0n) is 12.8. The van der Waals surface area contributed by atoms with E-state index in [1.165, 1.54) is 0 Å². The van der Waals surface area contributed by atoms with Crippen molar-refractivity contribution in [2.45, 2.75) is 30.8 Å². The van der Waals surface area contributed by atoms with E-state index in [1.54, 1.807) is 18.2 Å². The van der Waals surface area contributed by atoms with E-state index in [0.717, 1.165) is 5.56 Å². The molecule has 0 saturated carbocycles. The highest BCUT2D eigenvalue weighted by Crippen LogP contribution is 2.17. The molecular weight excluding hydrogens is 274 g/mol. The van der Waals surface area contributed by atoms with Gasteiger partial charge in [0, 0.05) is 18.6 Å². The molecule has 0 radical (unpaired) electrons. The van der Waals surface area contributed by atoms with E-state index < -0.39 is 10.0 Å². The van der Waals surface area contributed by atoms with Crippen LogP contribution in [0.1, 0.15) is 25.5 Å². The second kappa shape index (κ2) is 7.17. The van der Waals surface area contributed by atoms with Crippen LogP contribution in [0, 0.1) is 0 Å². The van der Waals surface area contributed by atoms with Crippen molar-refractivity contribution in [3.63, 3.8) is 0 Å². The van der Waals surface area contributed by atoms with Gasteiger partial charge in [-0.15, -0.1) is 0 Å². The van der Waals surface area contributed by atoms with Crippen LogP contribution in [0.5, 0.6) is 0 Å². The Morgan fingerprint density at radius 2 is 1.90 bits per heavy atom. The summed E-state index contributed by atoms with van der Waals surface area (Å²) >= 11 is 0. The molecule has 2 N–H and O–H groups in total. The molecule has 0 spiro atoms. The molecule has 0 aliphatic heterocycles. The van der Waals surface area contributed by atoms with Gasteiger partial charge in [-0.05, 0) is 52.7 Å². The lowest BCUT2D eigenvalue weighted by atomic mass is 10.1. The van der Waals surface area contributed by atoms with Gasteiger partial charge in [-0.1, -0.05) is 12.1 Å². The summed E-state index contributed by atoms with van der Waals surface area (Å²) in [7, 11) is 2.24. The minimum Gasteiger partial charge on any atom is -0.313 e. The lowest BCUT2D eigenvalue weighted by Crippen LogP contribution is -2.38. The number of sulfonamides is 1. The van der Waals surface area contributed by atoms with Crippen LogP contribution in [-0.2, 0) is 10.0 Å². The Kier molecular flexibility index (Phi) is 6.13. The lowest BCUT2D eigenvalue weighted by molar-refractivity contribution is 0.314. The average molecular weight is 299 g/mol. The molecule has 1 rings (SSSR count). The first-order chi connectivity index (χ1) is 9.27. The number of nitrogens with zero attached hydrogens (tertiary/aromatic N) is 1. The molecule has 1 aromatic carbocycles. The summed E-state index contributed by atoms with van der Waals surface area (Å²) in [5.74, 6) is 0. The smallest absolute Gasteiger partial charge is 0.240 e. The number of hydrogen-bond acceptors (Lipinski definition) is 4. The maximum absolute atomic E-state index is 12.3. The topological polar surface area (TPSA) is 61.4 Å². The molecule has 0 bridgehead atoms. The molecule has 5 nitrogen and oxygen atoms in total. The highest BCUT2D eigenvalue weighted by molar-refractivity contribution is 7.89. The summed E-state index contributed by atoms with van der Waals surface area (Å²) in [4.78, 5) is 2.28. The summed E-state index contributed by atoms with van der Waals surface area (Å²) < 4.78 is 27.2. The SMILES string of the molecule is CNC(C)c1cccc(S(=O)(=O)NCC(C)N(C)C)c1. The zero-order valence-corrected chi connectivity index (χ0v) is 13.7. The molecular formula is C14H25N3O2S. The second-order valence-corrected chi connectivity index (χ2v) is 7.01. The first kappa shape index (κ1) is 17.1. The van der Waals surface area contributed by atoms with Gasteiger partial charge in [0.15, 0.2) is 0 Å². The van der Waals surface area contributed by atoms with Crippen LogP contribution in [0.4, 0.5) is 0 Å². The van der Waals surface area contributed by atoms with Gasteiger partial charge in [0.1, 0.15) is 0 Å². The van der Waals surface area contributed by atoms with Gasteiger partial charge >= 0.3 is 0 Å². The summed E-state index contributed by atoms with van der Waals surface area (Å²) in [6.45, 7) is 4.36. The van der Waals surface area contributed by atoms with Crippen molar-refractivity contribution in [2.24, 2.45) is 0 Å². The van der Waals surface area contributed by atoms with Gasteiger partial charge in [-0.3, -0.25) is 0 Å². The molecule has 0 aliphatic carbocycles. The van der Waals surface area contributed by atoms with E-state index in [2.05, 4.69) is 10.0 Å². The van der Waals surface area contributed by atoms with E-state index >= 15 is 0 Å². The molecule has 0 heterocycles. The highest BCUT2D eigenvalue weighted by Gasteiger charge is 2.17. The van der Waals surface area contributed by atoms with E-state index in [1.807, 2.05) is 46.0 Å². The number of likely N-dealkylation sites (N-methyl/N-ethyl adjacent to an activating group) is 1. The number of rotatable bonds is 7. The number of benzene rings is 1. The van der Waals surface area contributed by atoms with Crippen LogP contribution in [0.3, 0.4) is 0 Å². The van der Waals surface area contributed by atoms with E-state index in [-0.39, 0.29) is 12.1 Å². The molecule has 2 atom stereocenters. The van der Waals surface area contributed by atoms with Crippen LogP contribution >= 0.6 is 0 Å². The predicted molar refractivity (Wildman–Crippen MR) is 82.3 cm³/mol. The van der Waals surface area contributed by atoms with Crippen LogP contribution < -0.4 is 10.0 Å². The van der Waals surface area contributed by atoms with E-state index in [0.29, 0.717) is 11.4 Å². The Labute approximate surface area is 122 Å². The van der Waals surface area contributed by atoms with Crippen molar-refractivity contribution in [3.05, 3.63) is 29.8 Å². The van der Waals surface area contributed by atoms with Gasteiger partial charge in [0.25, 0.3) is 0 Å². The summed E-state index contributed by atoms with van der Waals surface area (Å²) in [5.41, 5.74) is 0.955. The summed E-state index contributed by atoms with van der Waals surface area (Å²) in [6.07, 6.45) is 0. The van der Waals surface area contributed by atoms with Crippen molar-refractivity contribution >= 4 is 10.0 Å². The molecule has 0 aromatic heterocycles.